The average Bonchev–Trinajstić information content (AvgIpc) is 2.83. The van der Waals surface area contributed by atoms with Crippen LogP contribution in [-0.4, -0.2) is 24.5 Å². The Morgan fingerprint density at radius 1 is 1.26 bits per heavy atom. The van der Waals surface area contributed by atoms with Gasteiger partial charge in [-0.05, 0) is 31.9 Å². The van der Waals surface area contributed by atoms with Gasteiger partial charge in [-0.3, -0.25) is 4.99 Å². The van der Waals surface area contributed by atoms with Crippen LogP contribution in [0.25, 0.3) is 0 Å². The van der Waals surface area contributed by atoms with Crippen LogP contribution in [0.1, 0.15) is 22.9 Å². The van der Waals surface area contributed by atoms with Crippen LogP contribution in [0.2, 0.25) is 0 Å². The number of halogens is 2. The molecule has 7 heteroatoms. The van der Waals surface area contributed by atoms with Crippen LogP contribution >= 0.6 is 24.0 Å². The van der Waals surface area contributed by atoms with Gasteiger partial charge in [-0.25, -0.2) is 9.37 Å². The van der Waals surface area contributed by atoms with Gasteiger partial charge in [0.15, 0.2) is 5.96 Å². The molecule has 2 rings (SSSR count). The largest absolute Gasteiger partial charge is 0.444 e. The summed E-state index contributed by atoms with van der Waals surface area (Å²) in [5.74, 6) is 1.88. The first kappa shape index (κ1) is 19.4. The maximum atomic E-state index is 13.5. The fourth-order valence-electron chi connectivity index (χ4n) is 2.01. The Balaban J connectivity index is 0.00000264. The summed E-state index contributed by atoms with van der Waals surface area (Å²) in [6.07, 6.45) is 0.588. The highest BCUT2D eigenvalue weighted by Crippen LogP contribution is 2.08. The minimum absolute atomic E-state index is 0. The second kappa shape index (κ2) is 9.49. The molecule has 5 nitrogen and oxygen atoms in total. The van der Waals surface area contributed by atoms with E-state index < -0.39 is 0 Å². The van der Waals surface area contributed by atoms with Gasteiger partial charge < -0.3 is 15.1 Å². The summed E-state index contributed by atoms with van der Waals surface area (Å²) < 4.78 is 19.0. The van der Waals surface area contributed by atoms with E-state index in [2.05, 4.69) is 20.6 Å². The van der Waals surface area contributed by atoms with Gasteiger partial charge in [-0.15, -0.1) is 24.0 Å². The second-order valence-electron chi connectivity index (χ2n) is 4.94. The summed E-state index contributed by atoms with van der Waals surface area (Å²) in [7, 11) is 1.69. The molecule has 0 amide bonds. The van der Waals surface area contributed by atoms with Crippen molar-refractivity contribution in [2.75, 3.05) is 13.6 Å². The van der Waals surface area contributed by atoms with Crippen LogP contribution < -0.4 is 10.6 Å². The Hall–Kier alpha value is -1.64. The molecule has 1 aromatic heterocycles. The number of nitrogens with one attached hydrogen (secondary N) is 2. The molecule has 0 bridgehead atoms. The molecule has 0 fully saturated rings. The lowest BCUT2D eigenvalue weighted by molar-refractivity contribution is 0.463. The molecule has 0 aliphatic heterocycles. The van der Waals surface area contributed by atoms with E-state index in [0.29, 0.717) is 36.9 Å². The maximum absolute atomic E-state index is 13.5. The topological polar surface area (TPSA) is 62.5 Å². The number of benzene rings is 1. The number of hydrogen-bond acceptors (Lipinski definition) is 3. The van der Waals surface area contributed by atoms with Gasteiger partial charge in [0.2, 0.25) is 5.89 Å². The number of aromatic nitrogens is 1. The summed E-state index contributed by atoms with van der Waals surface area (Å²) in [4.78, 5) is 8.41. The molecule has 0 unspecified atom stereocenters. The number of hydrogen-bond donors (Lipinski definition) is 2. The highest BCUT2D eigenvalue weighted by Gasteiger charge is 2.06. The number of guanidine groups is 1. The van der Waals surface area contributed by atoms with E-state index in [4.69, 9.17) is 4.42 Å². The Morgan fingerprint density at radius 3 is 2.61 bits per heavy atom. The molecule has 2 aromatic rings. The lowest BCUT2D eigenvalue weighted by Gasteiger charge is -2.10. The average molecular weight is 432 g/mol. The fourth-order valence-corrected chi connectivity index (χ4v) is 2.01. The van der Waals surface area contributed by atoms with Crippen molar-refractivity contribution in [3.63, 3.8) is 0 Å². The summed E-state index contributed by atoms with van der Waals surface area (Å²) in [5.41, 5.74) is 1.57. The molecule has 0 saturated carbocycles. The van der Waals surface area contributed by atoms with E-state index in [1.807, 2.05) is 19.9 Å². The molecule has 0 radical (unpaired) electrons. The lowest BCUT2D eigenvalue weighted by Crippen LogP contribution is -2.38. The molecular formula is C16H22FIN4O. The number of nitrogens with zero attached hydrogens (tertiary/aromatic N) is 2. The Kier molecular flexibility index (Phi) is 8.01. The number of aliphatic imine (C=N–C) groups is 1. The van der Waals surface area contributed by atoms with Gasteiger partial charge in [0.1, 0.15) is 11.6 Å². The first-order valence-electron chi connectivity index (χ1n) is 7.21. The van der Waals surface area contributed by atoms with Gasteiger partial charge in [0, 0.05) is 13.6 Å². The van der Waals surface area contributed by atoms with Crippen molar-refractivity contribution in [1.29, 1.82) is 0 Å². The molecule has 0 aliphatic carbocycles. The van der Waals surface area contributed by atoms with E-state index in [-0.39, 0.29) is 29.8 Å². The number of aryl methyl sites for hydroxylation is 2. The van der Waals surface area contributed by atoms with Crippen molar-refractivity contribution >= 4 is 29.9 Å². The first-order chi connectivity index (χ1) is 10.6. The van der Waals surface area contributed by atoms with Crippen LogP contribution in [0.15, 0.2) is 33.7 Å². The Morgan fingerprint density at radius 2 is 2.00 bits per heavy atom. The zero-order chi connectivity index (χ0) is 15.9. The quantitative estimate of drug-likeness (QED) is 0.434. The number of oxazole rings is 1. The summed E-state index contributed by atoms with van der Waals surface area (Å²) in [6, 6.07) is 6.77. The number of rotatable bonds is 5. The normalized spacial score (nSPS) is 11.0. The first-order valence-corrected chi connectivity index (χ1v) is 7.21. The highest BCUT2D eigenvalue weighted by molar-refractivity contribution is 14.0. The highest BCUT2D eigenvalue weighted by atomic mass is 127. The van der Waals surface area contributed by atoms with Crippen LogP contribution in [0.3, 0.4) is 0 Å². The van der Waals surface area contributed by atoms with Crippen molar-refractivity contribution in [2.45, 2.75) is 26.8 Å². The molecule has 0 spiro atoms. The summed E-state index contributed by atoms with van der Waals surface area (Å²) in [6.45, 7) is 4.83. The van der Waals surface area contributed by atoms with E-state index >= 15 is 0 Å². The van der Waals surface area contributed by atoms with E-state index in [0.717, 1.165) is 11.5 Å². The smallest absolute Gasteiger partial charge is 0.214 e. The zero-order valence-electron chi connectivity index (χ0n) is 13.5. The molecule has 1 aromatic carbocycles. The van der Waals surface area contributed by atoms with Crippen LogP contribution in [-0.2, 0) is 13.0 Å². The zero-order valence-corrected chi connectivity index (χ0v) is 15.8. The monoisotopic (exact) mass is 432 g/mol. The fraction of sp³-hybridized carbons (Fsp3) is 0.375. The lowest BCUT2D eigenvalue weighted by atomic mass is 10.1. The van der Waals surface area contributed by atoms with Crippen molar-refractivity contribution < 1.29 is 8.81 Å². The van der Waals surface area contributed by atoms with Gasteiger partial charge >= 0.3 is 0 Å². The van der Waals surface area contributed by atoms with E-state index in [9.17, 15) is 4.39 Å². The predicted octanol–water partition coefficient (Wildman–Crippen LogP) is 2.96. The van der Waals surface area contributed by atoms with Gasteiger partial charge in [0.25, 0.3) is 0 Å². The van der Waals surface area contributed by atoms with Gasteiger partial charge in [-0.1, -0.05) is 18.2 Å². The maximum Gasteiger partial charge on any atom is 0.214 e. The van der Waals surface area contributed by atoms with Crippen LogP contribution in [0.4, 0.5) is 4.39 Å². The second-order valence-corrected chi connectivity index (χ2v) is 4.94. The van der Waals surface area contributed by atoms with Crippen LogP contribution in [0, 0.1) is 19.7 Å². The van der Waals surface area contributed by atoms with Gasteiger partial charge in [-0.2, -0.15) is 0 Å². The minimum Gasteiger partial charge on any atom is -0.444 e. The molecule has 126 valence electrons. The molecule has 0 saturated heterocycles. The molecule has 1 heterocycles. The molecular weight excluding hydrogens is 410 g/mol. The van der Waals surface area contributed by atoms with E-state index in [1.54, 1.807) is 19.2 Å². The summed E-state index contributed by atoms with van der Waals surface area (Å²) >= 11 is 0. The molecule has 23 heavy (non-hydrogen) atoms. The standard InChI is InChI=1S/C16H21FN4O.HI/c1-11-12(2)22-15(21-11)10-20-16(18-3)19-9-8-13-6-4-5-7-14(13)17;/h4-7H,8-10H2,1-3H3,(H2,18,19,20);1H. The SMILES string of the molecule is CN=C(NCCc1ccccc1F)NCc1nc(C)c(C)o1.I. The minimum atomic E-state index is -0.182. The van der Waals surface area contributed by atoms with Crippen molar-refractivity contribution in [3.8, 4) is 0 Å². The predicted molar refractivity (Wildman–Crippen MR) is 99.7 cm³/mol. The third-order valence-electron chi connectivity index (χ3n) is 3.35. The van der Waals surface area contributed by atoms with Crippen LogP contribution in [0.5, 0.6) is 0 Å². The van der Waals surface area contributed by atoms with Gasteiger partial charge in [0.05, 0.1) is 12.2 Å². The Labute approximate surface area is 152 Å². The molecule has 0 aliphatic rings. The third-order valence-corrected chi connectivity index (χ3v) is 3.35. The molecule has 2 N–H and O–H groups in total. The summed E-state index contributed by atoms with van der Waals surface area (Å²) in [5, 5.41) is 6.26. The van der Waals surface area contributed by atoms with Crippen molar-refractivity contribution in [3.05, 3.63) is 53.0 Å². The van der Waals surface area contributed by atoms with Crippen molar-refractivity contribution in [2.24, 2.45) is 4.99 Å². The van der Waals surface area contributed by atoms with Crippen molar-refractivity contribution in [1.82, 2.24) is 15.6 Å². The Bertz CT molecular complexity index is 638. The third kappa shape index (κ3) is 5.81. The van der Waals surface area contributed by atoms with E-state index in [1.165, 1.54) is 6.07 Å². The molecule has 0 atom stereocenters.